The van der Waals surface area contributed by atoms with Crippen LogP contribution >= 0.6 is 15.9 Å². The van der Waals surface area contributed by atoms with E-state index in [9.17, 15) is 9.59 Å². The molecule has 0 aliphatic heterocycles. The van der Waals surface area contributed by atoms with E-state index in [1.807, 2.05) is 24.3 Å². The van der Waals surface area contributed by atoms with Crippen molar-refractivity contribution in [2.24, 2.45) is 0 Å². The van der Waals surface area contributed by atoms with Crippen LogP contribution in [0.4, 0.5) is 0 Å². The lowest BCUT2D eigenvalue weighted by Gasteiger charge is -2.12. The van der Waals surface area contributed by atoms with Crippen LogP contribution in [0, 0.1) is 0 Å². The van der Waals surface area contributed by atoms with Gasteiger partial charge in [0.2, 0.25) is 5.91 Å². The number of hydrogen-bond donors (Lipinski definition) is 2. The molecule has 0 spiro atoms. The van der Waals surface area contributed by atoms with E-state index in [1.165, 1.54) is 0 Å². The van der Waals surface area contributed by atoms with Crippen LogP contribution in [0.25, 0.3) is 0 Å². The molecule has 1 aromatic rings. The Morgan fingerprint density at radius 2 is 1.94 bits per heavy atom. The first-order chi connectivity index (χ1) is 8.02. The van der Waals surface area contributed by atoms with Gasteiger partial charge in [-0.15, -0.1) is 0 Å². The lowest BCUT2D eigenvalue weighted by molar-refractivity contribution is -0.141. The van der Waals surface area contributed by atoms with Gasteiger partial charge in [0.1, 0.15) is 6.04 Å². The summed E-state index contributed by atoms with van der Waals surface area (Å²) in [7, 11) is 0. The van der Waals surface area contributed by atoms with E-state index in [4.69, 9.17) is 5.11 Å². The Morgan fingerprint density at radius 1 is 1.35 bits per heavy atom. The Labute approximate surface area is 108 Å². The standard InChI is InChI=1S/C12H14BrNO3/c1-2-10(12(16)17)14-11(15)7-8-3-5-9(13)6-4-8/h3-6,10H,2,7H2,1H3,(H,14,15)(H,16,17)/t10-/m0/s1. The van der Waals surface area contributed by atoms with Crippen molar-refractivity contribution in [1.82, 2.24) is 5.32 Å². The summed E-state index contributed by atoms with van der Waals surface area (Å²) in [6.07, 6.45) is 0.568. The highest BCUT2D eigenvalue weighted by Gasteiger charge is 2.17. The molecule has 92 valence electrons. The molecule has 1 aromatic carbocycles. The van der Waals surface area contributed by atoms with Crippen molar-refractivity contribution in [3.63, 3.8) is 0 Å². The predicted octanol–water partition coefficient (Wildman–Crippen LogP) is 1.97. The van der Waals surface area contributed by atoms with Crippen LogP contribution < -0.4 is 5.32 Å². The molecule has 0 aliphatic rings. The predicted molar refractivity (Wildman–Crippen MR) is 67.7 cm³/mol. The van der Waals surface area contributed by atoms with Crippen molar-refractivity contribution in [1.29, 1.82) is 0 Å². The third kappa shape index (κ3) is 4.56. The van der Waals surface area contributed by atoms with E-state index >= 15 is 0 Å². The Balaban J connectivity index is 2.54. The molecule has 0 saturated carbocycles. The van der Waals surface area contributed by atoms with Gasteiger partial charge in [-0.25, -0.2) is 4.79 Å². The van der Waals surface area contributed by atoms with Crippen molar-refractivity contribution in [2.75, 3.05) is 0 Å². The summed E-state index contributed by atoms with van der Waals surface area (Å²) < 4.78 is 0.943. The molecule has 1 atom stereocenters. The van der Waals surface area contributed by atoms with Gasteiger partial charge in [0, 0.05) is 4.47 Å². The van der Waals surface area contributed by atoms with Gasteiger partial charge < -0.3 is 10.4 Å². The summed E-state index contributed by atoms with van der Waals surface area (Å²) in [6.45, 7) is 1.72. The van der Waals surface area contributed by atoms with Gasteiger partial charge in [0.15, 0.2) is 0 Å². The van der Waals surface area contributed by atoms with Crippen LogP contribution in [0.2, 0.25) is 0 Å². The van der Waals surface area contributed by atoms with Crippen LogP contribution in [0.5, 0.6) is 0 Å². The fourth-order valence-electron chi connectivity index (χ4n) is 1.37. The summed E-state index contributed by atoms with van der Waals surface area (Å²) >= 11 is 3.30. The van der Waals surface area contributed by atoms with E-state index in [0.29, 0.717) is 6.42 Å². The first-order valence-electron chi connectivity index (χ1n) is 5.29. The molecule has 5 heteroatoms. The van der Waals surface area contributed by atoms with Gasteiger partial charge in [-0.1, -0.05) is 35.0 Å². The van der Waals surface area contributed by atoms with Crippen molar-refractivity contribution in [3.8, 4) is 0 Å². The number of carbonyl (C=O) groups is 2. The molecule has 4 nitrogen and oxygen atoms in total. The zero-order chi connectivity index (χ0) is 12.8. The van der Waals surface area contributed by atoms with Crippen molar-refractivity contribution in [2.45, 2.75) is 25.8 Å². The molecule has 0 unspecified atom stereocenters. The summed E-state index contributed by atoms with van der Waals surface area (Å²) in [4.78, 5) is 22.3. The number of carbonyl (C=O) groups excluding carboxylic acids is 1. The van der Waals surface area contributed by atoms with E-state index in [2.05, 4.69) is 21.2 Å². The van der Waals surface area contributed by atoms with Crippen LogP contribution in [-0.2, 0) is 16.0 Å². The first kappa shape index (κ1) is 13.7. The number of carboxylic acid groups (broad SMARTS) is 1. The fraction of sp³-hybridized carbons (Fsp3) is 0.333. The zero-order valence-electron chi connectivity index (χ0n) is 9.44. The number of benzene rings is 1. The SMILES string of the molecule is CC[C@H](NC(=O)Cc1ccc(Br)cc1)C(=O)O. The van der Waals surface area contributed by atoms with Gasteiger partial charge in [-0.3, -0.25) is 4.79 Å². The maximum Gasteiger partial charge on any atom is 0.326 e. The molecule has 2 N–H and O–H groups in total. The molecule has 0 heterocycles. The molecule has 0 aromatic heterocycles. The monoisotopic (exact) mass is 299 g/mol. The van der Waals surface area contributed by atoms with Gasteiger partial charge in [-0.2, -0.15) is 0 Å². The highest BCUT2D eigenvalue weighted by Crippen LogP contribution is 2.10. The fourth-order valence-corrected chi connectivity index (χ4v) is 1.64. The highest BCUT2D eigenvalue weighted by molar-refractivity contribution is 9.10. The van der Waals surface area contributed by atoms with E-state index in [1.54, 1.807) is 6.92 Å². The third-order valence-corrected chi connectivity index (χ3v) is 2.85. The van der Waals surface area contributed by atoms with E-state index in [-0.39, 0.29) is 12.3 Å². The summed E-state index contributed by atoms with van der Waals surface area (Å²) in [5.74, 6) is -1.28. The normalized spacial score (nSPS) is 11.9. The Kier molecular flexibility index (Phi) is 5.15. The highest BCUT2D eigenvalue weighted by atomic mass is 79.9. The third-order valence-electron chi connectivity index (χ3n) is 2.32. The van der Waals surface area contributed by atoms with E-state index in [0.717, 1.165) is 10.0 Å². The molecule has 0 saturated heterocycles. The quantitative estimate of drug-likeness (QED) is 0.873. The zero-order valence-corrected chi connectivity index (χ0v) is 11.0. The summed E-state index contributed by atoms with van der Waals surface area (Å²) in [5, 5.41) is 11.3. The number of rotatable bonds is 5. The average molecular weight is 300 g/mol. The van der Waals surface area contributed by atoms with Gasteiger partial charge >= 0.3 is 5.97 Å². The Hall–Kier alpha value is -1.36. The molecular formula is C12H14BrNO3. The van der Waals surface area contributed by atoms with Crippen LogP contribution in [0.3, 0.4) is 0 Å². The van der Waals surface area contributed by atoms with Crippen LogP contribution in [-0.4, -0.2) is 23.0 Å². The minimum atomic E-state index is -1.00. The molecule has 0 radical (unpaired) electrons. The van der Waals surface area contributed by atoms with Crippen molar-refractivity contribution < 1.29 is 14.7 Å². The maximum atomic E-state index is 11.6. The Morgan fingerprint density at radius 3 is 2.41 bits per heavy atom. The lowest BCUT2D eigenvalue weighted by atomic mass is 10.1. The lowest BCUT2D eigenvalue weighted by Crippen LogP contribution is -2.40. The Bertz CT molecular complexity index is 403. The van der Waals surface area contributed by atoms with Crippen LogP contribution in [0.1, 0.15) is 18.9 Å². The van der Waals surface area contributed by atoms with Gasteiger partial charge in [0.25, 0.3) is 0 Å². The minimum Gasteiger partial charge on any atom is -0.480 e. The molecule has 1 amide bonds. The topological polar surface area (TPSA) is 66.4 Å². The molecular weight excluding hydrogens is 286 g/mol. The van der Waals surface area contributed by atoms with E-state index < -0.39 is 12.0 Å². The number of hydrogen-bond acceptors (Lipinski definition) is 2. The first-order valence-corrected chi connectivity index (χ1v) is 6.09. The second-order valence-electron chi connectivity index (χ2n) is 3.67. The number of amides is 1. The molecule has 0 fully saturated rings. The number of nitrogens with one attached hydrogen (secondary N) is 1. The maximum absolute atomic E-state index is 11.6. The largest absolute Gasteiger partial charge is 0.480 e. The minimum absolute atomic E-state index is 0.192. The molecule has 0 bridgehead atoms. The number of aliphatic carboxylic acids is 1. The van der Waals surface area contributed by atoms with Crippen LogP contribution in [0.15, 0.2) is 28.7 Å². The smallest absolute Gasteiger partial charge is 0.326 e. The second kappa shape index (κ2) is 6.39. The average Bonchev–Trinajstić information content (AvgIpc) is 2.28. The summed E-state index contributed by atoms with van der Waals surface area (Å²) in [5.41, 5.74) is 0.853. The van der Waals surface area contributed by atoms with Gasteiger partial charge in [-0.05, 0) is 24.1 Å². The second-order valence-corrected chi connectivity index (χ2v) is 4.59. The molecule has 0 aliphatic carbocycles. The number of carboxylic acids is 1. The molecule has 17 heavy (non-hydrogen) atoms. The van der Waals surface area contributed by atoms with Crippen molar-refractivity contribution >= 4 is 27.8 Å². The van der Waals surface area contributed by atoms with Crippen molar-refractivity contribution in [3.05, 3.63) is 34.3 Å². The number of halogens is 1. The van der Waals surface area contributed by atoms with Gasteiger partial charge in [0.05, 0.1) is 6.42 Å². The summed E-state index contributed by atoms with van der Waals surface area (Å²) in [6, 6.07) is 6.53. The molecule has 1 rings (SSSR count).